The molecule has 0 atom stereocenters. The monoisotopic (exact) mass is 297 g/mol. The summed E-state index contributed by atoms with van der Waals surface area (Å²) >= 11 is 1.27. The Bertz CT molecular complexity index is 772. The third-order valence-electron chi connectivity index (χ3n) is 2.78. The molecule has 1 aromatic carbocycles. The number of carbonyl (C=O) groups excluding carboxylic acids is 1. The minimum absolute atomic E-state index is 0.0377. The van der Waals surface area contributed by atoms with Crippen molar-refractivity contribution >= 4 is 17.5 Å². The third-order valence-corrected chi connectivity index (χ3v) is 3.74. The third kappa shape index (κ3) is 2.82. The maximum atomic E-state index is 11.6. The molecule has 7 heteroatoms. The molecule has 3 aromatic rings. The molecule has 0 spiro atoms. The number of tetrazole rings is 1. The van der Waals surface area contributed by atoms with E-state index in [9.17, 15) is 4.79 Å². The molecule has 0 aliphatic rings. The summed E-state index contributed by atoms with van der Waals surface area (Å²) < 4.78 is 1.61. The summed E-state index contributed by atoms with van der Waals surface area (Å²) in [6, 6.07) is 13.0. The van der Waals surface area contributed by atoms with E-state index in [2.05, 4.69) is 20.5 Å². The summed E-state index contributed by atoms with van der Waals surface area (Å²) in [5.74, 6) is -0.0377. The van der Waals surface area contributed by atoms with Crippen LogP contribution >= 0.6 is 11.8 Å². The van der Waals surface area contributed by atoms with Gasteiger partial charge in [0.15, 0.2) is 5.78 Å². The Hall–Kier alpha value is -2.54. The minimum Gasteiger partial charge on any atom is -0.294 e. The predicted molar refractivity (Wildman–Crippen MR) is 77.5 cm³/mol. The predicted octanol–water partition coefficient (Wildman–Crippen LogP) is 2.41. The molecular weight excluding hydrogens is 286 g/mol. The first-order chi connectivity index (χ1) is 10.3. The van der Waals surface area contributed by atoms with Gasteiger partial charge in [0.05, 0.1) is 5.69 Å². The highest BCUT2D eigenvalue weighted by atomic mass is 32.2. The van der Waals surface area contributed by atoms with E-state index in [4.69, 9.17) is 0 Å². The van der Waals surface area contributed by atoms with Crippen molar-refractivity contribution in [2.75, 3.05) is 0 Å². The van der Waals surface area contributed by atoms with Gasteiger partial charge in [-0.05, 0) is 53.4 Å². The summed E-state index contributed by atoms with van der Waals surface area (Å²) in [6.07, 6.45) is 1.64. The van der Waals surface area contributed by atoms with Gasteiger partial charge in [0, 0.05) is 11.8 Å². The van der Waals surface area contributed by atoms with E-state index < -0.39 is 0 Å². The molecule has 104 valence electrons. The summed E-state index contributed by atoms with van der Waals surface area (Å²) in [7, 11) is 0. The summed E-state index contributed by atoms with van der Waals surface area (Å²) in [5, 5.41) is 12.8. The Labute approximate surface area is 125 Å². The van der Waals surface area contributed by atoms with Crippen molar-refractivity contribution < 1.29 is 4.79 Å². The van der Waals surface area contributed by atoms with E-state index in [1.54, 1.807) is 23.0 Å². The van der Waals surface area contributed by atoms with Crippen molar-refractivity contribution in [1.29, 1.82) is 0 Å². The SMILES string of the molecule is CC(=O)c1cccnc1Sc1nnnn1-c1ccccc1. The molecule has 0 fully saturated rings. The number of benzene rings is 1. The standard InChI is InChI=1S/C14H11N5OS/c1-10(20)12-8-5-9-15-13(12)21-14-16-17-18-19(14)11-6-3-2-4-7-11/h2-9H,1H3. The van der Waals surface area contributed by atoms with Crippen LogP contribution in [0.1, 0.15) is 17.3 Å². The van der Waals surface area contributed by atoms with Gasteiger partial charge in [0.2, 0.25) is 5.16 Å². The molecule has 0 aliphatic heterocycles. The lowest BCUT2D eigenvalue weighted by atomic mass is 10.2. The number of nitrogens with zero attached hydrogens (tertiary/aromatic N) is 5. The van der Waals surface area contributed by atoms with Crippen LogP contribution in [0.2, 0.25) is 0 Å². The molecule has 2 aromatic heterocycles. The van der Waals surface area contributed by atoms with Crippen molar-refractivity contribution in [3.8, 4) is 5.69 Å². The highest BCUT2D eigenvalue weighted by Crippen LogP contribution is 2.28. The van der Waals surface area contributed by atoms with E-state index >= 15 is 0 Å². The average Bonchev–Trinajstić information content (AvgIpc) is 2.96. The van der Waals surface area contributed by atoms with Crippen molar-refractivity contribution in [2.24, 2.45) is 0 Å². The normalized spacial score (nSPS) is 10.5. The van der Waals surface area contributed by atoms with Gasteiger partial charge in [-0.2, -0.15) is 4.68 Å². The highest BCUT2D eigenvalue weighted by Gasteiger charge is 2.15. The Morgan fingerprint density at radius 2 is 1.95 bits per heavy atom. The van der Waals surface area contributed by atoms with E-state index in [0.29, 0.717) is 15.7 Å². The van der Waals surface area contributed by atoms with Crippen LogP contribution < -0.4 is 0 Å². The number of para-hydroxylation sites is 1. The van der Waals surface area contributed by atoms with Gasteiger partial charge >= 0.3 is 0 Å². The van der Waals surface area contributed by atoms with Gasteiger partial charge < -0.3 is 0 Å². The number of Topliss-reactive ketones (excluding diaryl/α,β-unsaturated/α-hetero) is 1. The second-order valence-electron chi connectivity index (χ2n) is 4.22. The van der Waals surface area contributed by atoms with Crippen LogP contribution in [0.3, 0.4) is 0 Å². The molecular formula is C14H11N5OS. The largest absolute Gasteiger partial charge is 0.294 e. The molecule has 0 aliphatic carbocycles. The first-order valence-corrected chi connectivity index (χ1v) is 7.05. The minimum atomic E-state index is -0.0377. The molecule has 6 nitrogen and oxygen atoms in total. The molecule has 0 saturated carbocycles. The lowest BCUT2D eigenvalue weighted by Crippen LogP contribution is -2.01. The smallest absolute Gasteiger partial charge is 0.220 e. The van der Waals surface area contributed by atoms with E-state index in [-0.39, 0.29) is 5.78 Å². The van der Waals surface area contributed by atoms with Crippen molar-refractivity contribution in [2.45, 2.75) is 17.1 Å². The van der Waals surface area contributed by atoms with E-state index in [1.807, 2.05) is 30.3 Å². The molecule has 2 heterocycles. The Kier molecular flexibility index (Phi) is 3.74. The van der Waals surface area contributed by atoms with Crippen LogP contribution in [-0.2, 0) is 0 Å². The topological polar surface area (TPSA) is 73.6 Å². The molecule has 21 heavy (non-hydrogen) atoms. The number of carbonyl (C=O) groups is 1. The van der Waals surface area contributed by atoms with Crippen molar-refractivity contribution in [3.05, 3.63) is 54.2 Å². The van der Waals surface area contributed by atoms with Crippen LogP contribution in [0.15, 0.2) is 58.8 Å². The number of pyridine rings is 1. The lowest BCUT2D eigenvalue weighted by molar-refractivity contribution is 0.101. The van der Waals surface area contributed by atoms with E-state index in [1.165, 1.54) is 18.7 Å². The Morgan fingerprint density at radius 1 is 1.14 bits per heavy atom. The number of ketones is 1. The fraction of sp³-hybridized carbons (Fsp3) is 0.0714. The molecule has 3 rings (SSSR count). The number of rotatable bonds is 4. The molecule has 0 radical (unpaired) electrons. The van der Waals surface area contributed by atoms with Gasteiger partial charge in [-0.1, -0.05) is 18.2 Å². The van der Waals surface area contributed by atoms with Gasteiger partial charge in [-0.25, -0.2) is 4.98 Å². The van der Waals surface area contributed by atoms with Crippen LogP contribution in [0.4, 0.5) is 0 Å². The molecule has 0 N–H and O–H groups in total. The Balaban J connectivity index is 1.98. The van der Waals surface area contributed by atoms with Crippen LogP contribution in [-0.4, -0.2) is 31.0 Å². The molecule has 0 bridgehead atoms. The quantitative estimate of drug-likeness (QED) is 0.688. The van der Waals surface area contributed by atoms with Crippen LogP contribution in [0.25, 0.3) is 5.69 Å². The highest BCUT2D eigenvalue weighted by molar-refractivity contribution is 7.99. The maximum Gasteiger partial charge on any atom is 0.220 e. The van der Waals surface area contributed by atoms with Crippen molar-refractivity contribution in [1.82, 2.24) is 25.2 Å². The first kappa shape index (κ1) is 13.4. The maximum absolute atomic E-state index is 11.6. The van der Waals surface area contributed by atoms with E-state index in [0.717, 1.165) is 5.69 Å². The summed E-state index contributed by atoms with van der Waals surface area (Å²) in [6.45, 7) is 1.52. The zero-order valence-corrected chi connectivity index (χ0v) is 12.0. The molecule has 0 saturated heterocycles. The van der Waals surface area contributed by atoms with Gasteiger partial charge in [-0.15, -0.1) is 5.10 Å². The molecule has 0 unspecified atom stereocenters. The number of hydrogen-bond acceptors (Lipinski definition) is 6. The van der Waals surface area contributed by atoms with Crippen molar-refractivity contribution in [3.63, 3.8) is 0 Å². The van der Waals surface area contributed by atoms with Gasteiger partial charge in [-0.3, -0.25) is 4.79 Å². The lowest BCUT2D eigenvalue weighted by Gasteiger charge is -2.05. The van der Waals surface area contributed by atoms with Gasteiger partial charge in [0.1, 0.15) is 5.03 Å². The first-order valence-electron chi connectivity index (χ1n) is 6.23. The average molecular weight is 297 g/mol. The second-order valence-corrected chi connectivity index (χ2v) is 5.18. The summed E-state index contributed by atoms with van der Waals surface area (Å²) in [4.78, 5) is 15.9. The molecule has 0 amide bonds. The fourth-order valence-electron chi connectivity index (χ4n) is 1.80. The Morgan fingerprint density at radius 3 is 2.71 bits per heavy atom. The zero-order valence-electron chi connectivity index (χ0n) is 11.2. The number of hydrogen-bond donors (Lipinski definition) is 0. The second kappa shape index (κ2) is 5.84. The fourth-order valence-corrected chi connectivity index (χ4v) is 2.71. The zero-order chi connectivity index (χ0) is 14.7. The van der Waals surface area contributed by atoms with Gasteiger partial charge in [0.25, 0.3) is 0 Å². The van der Waals surface area contributed by atoms with Crippen LogP contribution in [0, 0.1) is 0 Å². The summed E-state index contributed by atoms with van der Waals surface area (Å²) in [5.41, 5.74) is 1.41. The van der Waals surface area contributed by atoms with Crippen LogP contribution in [0.5, 0.6) is 0 Å². The number of aromatic nitrogens is 5.